The predicted octanol–water partition coefficient (Wildman–Crippen LogP) is 4.98. The average molecular weight is 298 g/mol. The van der Waals surface area contributed by atoms with Crippen LogP contribution >= 0.6 is 0 Å². The van der Waals surface area contributed by atoms with Crippen LogP contribution in [0.25, 0.3) is 0 Å². The fourth-order valence-corrected chi connectivity index (χ4v) is 2.62. The van der Waals surface area contributed by atoms with Crippen molar-refractivity contribution < 1.29 is 12.4 Å². The fraction of sp³-hybridized carbons (Fsp3) is 0.938. The third kappa shape index (κ3) is 15.9. The van der Waals surface area contributed by atoms with Crippen LogP contribution in [0.2, 0.25) is 0 Å². The van der Waals surface area contributed by atoms with Gasteiger partial charge in [-0.25, -0.2) is 0 Å². The summed E-state index contributed by atoms with van der Waals surface area (Å²) < 4.78 is 14.6. The number of unbranched alkanes of at least 4 members (excludes halogenated alkanes) is 12. The van der Waals surface area contributed by atoms with Gasteiger partial charge in [0.15, 0.2) is 0 Å². The molecule has 0 aromatic heterocycles. The normalized spacial score (nSPS) is 10.2. The molecule has 0 saturated carbocycles. The first-order valence-corrected chi connectivity index (χ1v) is 9.38. The van der Waals surface area contributed by atoms with Gasteiger partial charge in [-0.05, 0) is 0 Å². The van der Waals surface area contributed by atoms with Crippen molar-refractivity contribution in [2.24, 2.45) is 0 Å². The average Bonchev–Trinajstić information content (AvgIpc) is 2.44. The summed E-state index contributed by atoms with van der Waals surface area (Å²) >= 11 is -1.37. The van der Waals surface area contributed by atoms with Gasteiger partial charge in [0.25, 0.3) is 0 Å². The van der Waals surface area contributed by atoms with Crippen LogP contribution < -0.4 is 0 Å². The van der Waals surface area contributed by atoms with Crippen molar-refractivity contribution in [1.29, 1.82) is 0 Å². The second-order valence-electron chi connectivity index (χ2n) is 5.58. The molecule has 4 heteroatoms. The van der Waals surface area contributed by atoms with Crippen molar-refractivity contribution in [2.45, 2.75) is 96.8 Å². The van der Waals surface area contributed by atoms with Crippen molar-refractivity contribution in [3.05, 3.63) is 0 Å². The quantitative estimate of drug-likeness (QED) is 0.316. The van der Waals surface area contributed by atoms with Gasteiger partial charge in [0.05, 0.1) is 0 Å². The Morgan fingerprint density at radius 3 is 1.55 bits per heavy atom. The first-order chi connectivity index (χ1) is 9.81. The Bertz CT molecular complexity index is 232. The Balaban J connectivity index is 3.02. The first kappa shape index (κ1) is 19.8. The molecule has 20 heavy (non-hydrogen) atoms. The molecule has 0 aromatic carbocycles. The number of carbonyl (C=O) groups is 1. The number of hydrogen-bond acceptors (Lipinski definition) is 3. The van der Waals surface area contributed by atoms with Crippen LogP contribution in [0.4, 0.5) is 0 Å². The van der Waals surface area contributed by atoms with Crippen molar-refractivity contribution in [2.75, 3.05) is 0 Å². The minimum atomic E-state index is -1.37. The van der Waals surface area contributed by atoms with E-state index in [1.54, 1.807) is 0 Å². The van der Waals surface area contributed by atoms with Crippen LogP contribution in [-0.2, 0) is 12.4 Å². The summed E-state index contributed by atoms with van der Waals surface area (Å²) in [6.45, 7) is 2.26. The molecular formula is C16H31AlO3. The van der Waals surface area contributed by atoms with Gasteiger partial charge < -0.3 is 0 Å². The first-order valence-electron chi connectivity index (χ1n) is 8.44. The molecule has 0 saturated heterocycles. The maximum atomic E-state index is 10.9. The Morgan fingerprint density at radius 1 is 0.750 bits per heavy atom. The monoisotopic (exact) mass is 298 g/mol. The summed E-state index contributed by atoms with van der Waals surface area (Å²) in [5.41, 5.74) is 0. The molecule has 0 aliphatic heterocycles. The second kappa shape index (κ2) is 16.9. The number of rotatable bonds is 15. The Kier molecular flexibility index (Phi) is 16.7. The van der Waals surface area contributed by atoms with Gasteiger partial charge in [-0.3, -0.25) is 0 Å². The third-order valence-electron chi connectivity index (χ3n) is 3.66. The van der Waals surface area contributed by atoms with E-state index in [0.717, 1.165) is 12.8 Å². The standard InChI is InChI=1S/C16H32O2.Al.O/c1-2-3-4-5-6-7-8-9-10-11-12-13-14-15-16(17)18;;/h2-15H2,1H3,(H,17,18);;/q;+1;/p-1. The van der Waals surface area contributed by atoms with Crippen molar-refractivity contribution in [3.63, 3.8) is 0 Å². The van der Waals surface area contributed by atoms with Crippen molar-refractivity contribution in [1.82, 2.24) is 0 Å². The molecule has 0 aliphatic rings. The Labute approximate surface area is 131 Å². The van der Waals surface area contributed by atoms with E-state index in [0.29, 0.717) is 6.42 Å². The molecular weight excluding hydrogens is 267 g/mol. The molecule has 3 nitrogen and oxygen atoms in total. The maximum absolute atomic E-state index is 10.9. The van der Waals surface area contributed by atoms with E-state index >= 15 is 0 Å². The van der Waals surface area contributed by atoms with Crippen LogP contribution in [0.3, 0.4) is 0 Å². The van der Waals surface area contributed by atoms with Crippen LogP contribution in [0.1, 0.15) is 96.8 Å². The predicted molar refractivity (Wildman–Crippen MR) is 82.8 cm³/mol. The van der Waals surface area contributed by atoms with Gasteiger partial charge in [0, 0.05) is 0 Å². The molecule has 0 N–H and O–H groups in total. The molecule has 0 radical (unpaired) electrons. The Hall–Kier alpha value is -0.198. The molecule has 0 heterocycles. The van der Waals surface area contributed by atoms with E-state index in [2.05, 4.69) is 10.7 Å². The van der Waals surface area contributed by atoms with E-state index in [9.17, 15) is 8.60 Å². The summed E-state index contributed by atoms with van der Waals surface area (Å²) in [6, 6.07) is 0. The number of hydrogen-bond donors (Lipinski definition) is 0. The topological polar surface area (TPSA) is 43.4 Å². The number of carbonyl (C=O) groups excluding carboxylic acids is 1. The summed E-state index contributed by atoms with van der Waals surface area (Å²) in [5, 5.41) is 0. The molecule has 0 aliphatic carbocycles. The second-order valence-corrected chi connectivity index (χ2v) is 6.01. The molecule has 0 atom stereocenters. The van der Waals surface area contributed by atoms with Gasteiger partial charge >= 0.3 is 98.1 Å². The molecule has 0 bridgehead atoms. The van der Waals surface area contributed by atoms with Gasteiger partial charge in [-0.1, -0.05) is 32.6 Å². The van der Waals surface area contributed by atoms with Crippen molar-refractivity contribution >= 4 is 21.5 Å². The van der Waals surface area contributed by atoms with Gasteiger partial charge in [-0.2, -0.15) is 0 Å². The van der Waals surface area contributed by atoms with Crippen LogP contribution in [0.15, 0.2) is 0 Å². The third-order valence-corrected chi connectivity index (χ3v) is 4.02. The van der Waals surface area contributed by atoms with E-state index < -0.39 is 15.5 Å². The fourth-order valence-electron chi connectivity index (χ4n) is 2.40. The Morgan fingerprint density at radius 2 is 1.15 bits per heavy atom. The van der Waals surface area contributed by atoms with Gasteiger partial charge in [-0.15, -0.1) is 0 Å². The molecule has 116 valence electrons. The SMILES string of the molecule is CCCCCCCCCCCCCCCC(=O)[O][Al]=[O]. The van der Waals surface area contributed by atoms with E-state index in [1.807, 2.05) is 0 Å². The zero-order valence-electron chi connectivity index (χ0n) is 13.2. The molecule has 0 rings (SSSR count). The molecule has 0 spiro atoms. The van der Waals surface area contributed by atoms with E-state index in [1.165, 1.54) is 70.6 Å². The van der Waals surface area contributed by atoms with E-state index in [4.69, 9.17) is 0 Å². The zero-order chi connectivity index (χ0) is 14.9. The minimum absolute atomic E-state index is 0.307. The van der Waals surface area contributed by atoms with Gasteiger partial charge in [0.1, 0.15) is 0 Å². The molecule has 0 fully saturated rings. The summed E-state index contributed by atoms with van der Waals surface area (Å²) in [6.07, 6.45) is 17.3. The summed E-state index contributed by atoms with van der Waals surface area (Å²) in [7, 11) is 0. The molecule has 0 amide bonds. The van der Waals surface area contributed by atoms with Gasteiger partial charge in [0.2, 0.25) is 0 Å². The molecule has 0 unspecified atom stereocenters. The molecule has 0 aromatic rings. The van der Waals surface area contributed by atoms with Crippen LogP contribution in [0.5, 0.6) is 0 Å². The van der Waals surface area contributed by atoms with Crippen LogP contribution in [0, 0.1) is 0 Å². The summed E-state index contributed by atoms with van der Waals surface area (Å²) in [4.78, 5) is 10.9. The summed E-state index contributed by atoms with van der Waals surface area (Å²) in [5.74, 6) is -0.307. The van der Waals surface area contributed by atoms with Crippen molar-refractivity contribution in [3.8, 4) is 0 Å². The zero-order valence-corrected chi connectivity index (χ0v) is 14.4. The van der Waals surface area contributed by atoms with E-state index in [-0.39, 0.29) is 5.97 Å². The van der Waals surface area contributed by atoms with Crippen LogP contribution in [-0.4, -0.2) is 21.5 Å².